The van der Waals surface area contributed by atoms with Crippen molar-refractivity contribution in [2.75, 3.05) is 6.54 Å². The molecular formula is C12H13BrFNO. The summed E-state index contributed by atoms with van der Waals surface area (Å²) in [5.41, 5.74) is 0.582. The zero-order valence-corrected chi connectivity index (χ0v) is 10.5. The zero-order valence-electron chi connectivity index (χ0n) is 8.88. The summed E-state index contributed by atoms with van der Waals surface area (Å²) in [6, 6.07) is 4.96. The number of hydrogen-bond donors (Lipinski definition) is 0. The van der Waals surface area contributed by atoms with Crippen LogP contribution in [0.2, 0.25) is 0 Å². The lowest BCUT2D eigenvalue weighted by molar-refractivity contribution is -0.133. The standard InChI is InChI=1S/C12H13BrFNO/c13-10-5-4-9(11(14)7-10)8-15-6-2-1-3-12(15)16/h4-5,7H,1-3,6,8H2. The molecule has 1 aromatic carbocycles. The highest BCUT2D eigenvalue weighted by Crippen LogP contribution is 2.19. The number of benzene rings is 1. The molecule has 0 spiro atoms. The van der Waals surface area contributed by atoms with Gasteiger partial charge in [0.1, 0.15) is 5.82 Å². The van der Waals surface area contributed by atoms with Gasteiger partial charge in [0, 0.05) is 29.5 Å². The molecule has 2 rings (SSSR count). The van der Waals surface area contributed by atoms with Gasteiger partial charge in [0.05, 0.1) is 0 Å². The summed E-state index contributed by atoms with van der Waals surface area (Å²) in [5.74, 6) is -0.124. The van der Waals surface area contributed by atoms with E-state index in [9.17, 15) is 9.18 Å². The van der Waals surface area contributed by atoms with E-state index in [0.29, 0.717) is 18.5 Å². The molecule has 16 heavy (non-hydrogen) atoms. The molecule has 2 nitrogen and oxygen atoms in total. The minimum atomic E-state index is -0.257. The van der Waals surface area contributed by atoms with E-state index in [0.717, 1.165) is 23.9 Å². The Kier molecular flexibility index (Phi) is 3.59. The fraction of sp³-hybridized carbons (Fsp3) is 0.417. The van der Waals surface area contributed by atoms with Crippen LogP contribution >= 0.6 is 15.9 Å². The van der Waals surface area contributed by atoms with Crippen LogP contribution in [0.25, 0.3) is 0 Å². The van der Waals surface area contributed by atoms with Crippen molar-refractivity contribution in [1.29, 1.82) is 0 Å². The largest absolute Gasteiger partial charge is 0.338 e. The fourth-order valence-electron chi connectivity index (χ4n) is 1.88. The predicted molar refractivity (Wildman–Crippen MR) is 63.4 cm³/mol. The van der Waals surface area contributed by atoms with Gasteiger partial charge in [-0.2, -0.15) is 0 Å². The van der Waals surface area contributed by atoms with E-state index in [1.807, 2.05) is 0 Å². The SMILES string of the molecule is O=C1CCCCN1Cc1ccc(Br)cc1F. The van der Waals surface area contributed by atoms with Crippen molar-refractivity contribution in [1.82, 2.24) is 4.90 Å². The van der Waals surface area contributed by atoms with E-state index in [1.165, 1.54) is 6.07 Å². The Bertz CT molecular complexity index is 408. The highest BCUT2D eigenvalue weighted by atomic mass is 79.9. The third-order valence-electron chi connectivity index (χ3n) is 2.80. The highest BCUT2D eigenvalue weighted by molar-refractivity contribution is 9.10. The number of amides is 1. The molecule has 0 aliphatic carbocycles. The number of hydrogen-bond acceptors (Lipinski definition) is 1. The van der Waals surface area contributed by atoms with Crippen molar-refractivity contribution in [2.45, 2.75) is 25.8 Å². The Morgan fingerprint density at radius 3 is 2.88 bits per heavy atom. The summed E-state index contributed by atoms with van der Waals surface area (Å²) in [7, 11) is 0. The molecule has 1 aromatic rings. The van der Waals surface area contributed by atoms with E-state index in [4.69, 9.17) is 0 Å². The maximum atomic E-state index is 13.6. The van der Waals surface area contributed by atoms with Crippen LogP contribution in [0.15, 0.2) is 22.7 Å². The lowest BCUT2D eigenvalue weighted by Gasteiger charge is -2.26. The molecule has 1 aliphatic rings. The van der Waals surface area contributed by atoms with Crippen LogP contribution in [0, 0.1) is 5.82 Å². The predicted octanol–water partition coefficient (Wildman–Crippen LogP) is 3.10. The molecule has 0 aromatic heterocycles. The van der Waals surface area contributed by atoms with Crippen molar-refractivity contribution < 1.29 is 9.18 Å². The number of carbonyl (C=O) groups excluding carboxylic acids is 1. The van der Waals surface area contributed by atoms with Crippen LogP contribution < -0.4 is 0 Å². The topological polar surface area (TPSA) is 20.3 Å². The summed E-state index contributed by atoms with van der Waals surface area (Å²) in [4.78, 5) is 13.3. The van der Waals surface area contributed by atoms with E-state index in [1.54, 1.807) is 17.0 Å². The van der Waals surface area contributed by atoms with Crippen molar-refractivity contribution in [3.05, 3.63) is 34.1 Å². The molecule has 1 fully saturated rings. The quantitative estimate of drug-likeness (QED) is 0.818. The van der Waals surface area contributed by atoms with Gasteiger partial charge in [-0.25, -0.2) is 4.39 Å². The van der Waals surface area contributed by atoms with E-state index in [2.05, 4.69) is 15.9 Å². The molecule has 0 radical (unpaired) electrons. The number of halogens is 2. The maximum absolute atomic E-state index is 13.6. The van der Waals surface area contributed by atoms with Crippen LogP contribution in [0.5, 0.6) is 0 Å². The third kappa shape index (κ3) is 2.61. The summed E-state index contributed by atoms with van der Waals surface area (Å²) in [6.45, 7) is 1.13. The summed E-state index contributed by atoms with van der Waals surface area (Å²) in [6.07, 6.45) is 2.57. The van der Waals surface area contributed by atoms with E-state index >= 15 is 0 Å². The van der Waals surface area contributed by atoms with Crippen LogP contribution in [-0.4, -0.2) is 17.4 Å². The number of likely N-dealkylation sites (tertiary alicyclic amines) is 1. The Balaban J connectivity index is 2.10. The number of rotatable bonds is 2. The average molecular weight is 286 g/mol. The lowest BCUT2D eigenvalue weighted by Crippen LogP contribution is -2.34. The first-order valence-corrected chi connectivity index (χ1v) is 6.18. The zero-order chi connectivity index (χ0) is 11.5. The van der Waals surface area contributed by atoms with Gasteiger partial charge in [-0.05, 0) is 25.0 Å². The molecule has 1 amide bonds. The Morgan fingerprint density at radius 1 is 1.38 bits per heavy atom. The molecule has 1 aliphatic heterocycles. The van der Waals surface area contributed by atoms with Gasteiger partial charge in [-0.3, -0.25) is 4.79 Å². The normalized spacial score (nSPS) is 16.6. The number of piperidine rings is 1. The Morgan fingerprint density at radius 2 is 2.19 bits per heavy atom. The Labute approximate surface area is 103 Å². The minimum absolute atomic E-state index is 0.133. The minimum Gasteiger partial charge on any atom is -0.338 e. The second kappa shape index (κ2) is 4.95. The van der Waals surface area contributed by atoms with Crippen LogP contribution in [0.4, 0.5) is 4.39 Å². The first kappa shape index (κ1) is 11.6. The van der Waals surface area contributed by atoms with Crippen LogP contribution in [0.1, 0.15) is 24.8 Å². The van der Waals surface area contributed by atoms with E-state index in [-0.39, 0.29) is 11.7 Å². The van der Waals surface area contributed by atoms with Gasteiger partial charge in [0.2, 0.25) is 5.91 Å². The molecule has 4 heteroatoms. The third-order valence-corrected chi connectivity index (χ3v) is 3.29. The van der Waals surface area contributed by atoms with Gasteiger partial charge >= 0.3 is 0 Å². The average Bonchev–Trinajstić information content (AvgIpc) is 2.25. The molecule has 0 atom stereocenters. The van der Waals surface area contributed by atoms with Gasteiger partial charge < -0.3 is 4.90 Å². The fourth-order valence-corrected chi connectivity index (χ4v) is 2.22. The van der Waals surface area contributed by atoms with Crippen LogP contribution in [0.3, 0.4) is 0 Å². The second-order valence-corrected chi connectivity index (χ2v) is 4.92. The number of carbonyl (C=O) groups is 1. The molecule has 1 saturated heterocycles. The van der Waals surface area contributed by atoms with Crippen molar-refractivity contribution in [3.8, 4) is 0 Å². The molecular weight excluding hydrogens is 273 g/mol. The van der Waals surface area contributed by atoms with Gasteiger partial charge in [-0.1, -0.05) is 22.0 Å². The van der Waals surface area contributed by atoms with Crippen molar-refractivity contribution >= 4 is 21.8 Å². The molecule has 0 unspecified atom stereocenters. The molecule has 0 N–H and O–H groups in total. The van der Waals surface area contributed by atoms with Crippen molar-refractivity contribution in [3.63, 3.8) is 0 Å². The summed E-state index contributed by atoms with van der Waals surface area (Å²) in [5, 5.41) is 0. The highest BCUT2D eigenvalue weighted by Gasteiger charge is 2.19. The first-order valence-electron chi connectivity index (χ1n) is 5.38. The van der Waals surface area contributed by atoms with Crippen LogP contribution in [-0.2, 0) is 11.3 Å². The monoisotopic (exact) mass is 285 g/mol. The molecule has 0 saturated carbocycles. The summed E-state index contributed by atoms with van der Waals surface area (Å²) < 4.78 is 14.3. The maximum Gasteiger partial charge on any atom is 0.222 e. The lowest BCUT2D eigenvalue weighted by atomic mass is 10.1. The van der Waals surface area contributed by atoms with Gasteiger partial charge in [0.25, 0.3) is 0 Å². The molecule has 1 heterocycles. The van der Waals surface area contributed by atoms with Gasteiger partial charge in [0.15, 0.2) is 0 Å². The second-order valence-electron chi connectivity index (χ2n) is 4.01. The Hall–Kier alpha value is -0.900. The van der Waals surface area contributed by atoms with Gasteiger partial charge in [-0.15, -0.1) is 0 Å². The summed E-state index contributed by atoms with van der Waals surface area (Å²) >= 11 is 3.21. The smallest absolute Gasteiger partial charge is 0.222 e. The number of nitrogens with zero attached hydrogens (tertiary/aromatic N) is 1. The first-order chi connectivity index (χ1) is 7.66. The van der Waals surface area contributed by atoms with E-state index < -0.39 is 0 Å². The molecule has 0 bridgehead atoms. The van der Waals surface area contributed by atoms with Crippen molar-refractivity contribution in [2.24, 2.45) is 0 Å². The molecule has 86 valence electrons.